The highest BCUT2D eigenvalue weighted by atomic mass is 19.2. The van der Waals surface area contributed by atoms with Crippen molar-refractivity contribution in [2.75, 3.05) is 31.1 Å². The van der Waals surface area contributed by atoms with E-state index in [1.165, 1.54) is 0 Å². The average molecular weight is 299 g/mol. The largest absolute Gasteiger partial charge is 0.363 e. The number of nitro benzene ring substituents is 1. The van der Waals surface area contributed by atoms with E-state index in [9.17, 15) is 18.9 Å². The molecule has 0 amide bonds. The number of rotatable bonds is 5. The Morgan fingerprint density at radius 2 is 2.05 bits per heavy atom. The summed E-state index contributed by atoms with van der Waals surface area (Å²) in [6.45, 7) is 4.80. The summed E-state index contributed by atoms with van der Waals surface area (Å²) in [7, 11) is 0. The fourth-order valence-corrected chi connectivity index (χ4v) is 2.69. The normalized spacial score (nSPS) is 16.2. The van der Waals surface area contributed by atoms with E-state index >= 15 is 0 Å². The molecule has 0 atom stereocenters. The minimum Gasteiger partial charge on any atom is -0.363 e. The van der Waals surface area contributed by atoms with Crippen molar-refractivity contribution in [3.05, 3.63) is 33.9 Å². The maximum Gasteiger partial charge on any atom is 0.295 e. The summed E-state index contributed by atoms with van der Waals surface area (Å²) in [5.41, 5.74) is -0.596. The van der Waals surface area contributed by atoms with Gasteiger partial charge in [-0.2, -0.15) is 0 Å². The Labute approximate surface area is 122 Å². The Morgan fingerprint density at radius 3 is 2.62 bits per heavy atom. The van der Waals surface area contributed by atoms with Crippen LogP contribution in [-0.4, -0.2) is 31.1 Å². The summed E-state index contributed by atoms with van der Waals surface area (Å²) in [4.78, 5) is 11.9. The number of hydrogen-bond donors (Lipinski definition) is 1. The Hall–Kier alpha value is -1.76. The van der Waals surface area contributed by atoms with Crippen molar-refractivity contribution in [3.63, 3.8) is 0 Å². The predicted octanol–water partition coefficient (Wildman–Crippen LogP) is 2.70. The molecular formula is C14H19F2N3O2. The van der Waals surface area contributed by atoms with Gasteiger partial charge >= 0.3 is 0 Å². The van der Waals surface area contributed by atoms with E-state index < -0.39 is 16.6 Å². The van der Waals surface area contributed by atoms with Crippen molar-refractivity contribution in [2.24, 2.45) is 5.92 Å². The SMILES string of the molecule is CCNCC1CCN(c2c([N+](=O)[O-])ccc(F)c2F)CC1. The molecule has 5 nitrogen and oxygen atoms in total. The lowest BCUT2D eigenvalue weighted by Gasteiger charge is -2.33. The van der Waals surface area contributed by atoms with E-state index in [-0.39, 0.29) is 11.4 Å². The van der Waals surface area contributed by atoms with E-state index in [0.717, 1.165) is 38.1 Å². The maximum absolute atomic E-state index is 14.0. The van der Waals surface area contributed by atoms with Crippen molar-refractivity contribution in [3.8, 4) is 0 Å². The lowest BCUT2D eigenvalue weighted by molar-refractivity contribution is -0.384. The van der Waals surface area contributed by atoms with Gasteiger partial charge in [0.2, 0.25) is 0 Å². The first-order valence-electron chi connectivity index (χ1n) is 7.12. The number of hydrogen-bond acceptors (Lipinski definition) is 4. The van der Waals surface area contributed by atoms with Gasteiger partial charge in [0.1, 0.15) is 0 Å². The van der Waals surface area contributed by atoms with Gasteiger partial charge in [-0.3, -0.25) is 10.1 Å². The topological polar surface area (TPSA) is 58.4 Å². The van der Waals surface area contributed by atoms with E-state index in [0.29, 0.717) is 19.0 Å². The monoisotopic (exact) mass is 299 g/mol. The van der Waals surface area contributed by atoms with Gasteiger partial charge in [-0.1, -0.05) is 6.92 Å². The lowest BCUT2D eigenvalue weighted by atomic mass is 9.96. The second kappa shape index (κ2) is 6.80. The van der Waals surface area contributed by atoms with Crippen LogP contribution in [0.1, 0.15) is 19.8 Å². The minimum atomic E-state index is -1.13. The molecule has 116 valence electrons. The van der Waals surface area contributed by atoms with Crippen LogP contribution in [-0.2, 0) is 0 Å². The number of benzene rings is 1. The van der Waals surface area contributed by atoms with Crippen LogP contribution in [0.2, 0.25) is 0 Å². The lowest BCUT2D eigenvalue weighted by Crippen LogP contribution is -2.38. The summed E-state index contributed by atoms with van der Waals surface area (Å²) < 4.78 is 27.4. The number of nitrogens with one attached hydrogen (secondary N) is 1. The quantitative estimate of drug-likeness (QED) is 0.671. The number of nitro groups is 1. The van der Waals surface area contributed by atoms with Gasteiger partial charge in [0.15, 0.2) is 17.3 Å². The second-order valence-electron chi connectivity index (χ2n) is 5.22. The van der Waals surface area contributed by atoms with Crippen molar-refractivity contribution in [2.45, 2.75) is 19.8 Å². The van der Waals surface area contributed by atoms with Crippen molar-refractivity contribution in [1.29, 1.82) is 0 Å². The van der Waals surface area contributed by atoms with E-state index in [2.05, 4.69) is 5.32 Å². The van der Waals surface area contributed by atoms with E-state index in [4.69, 9.17) is 0 Å². The molecule has 2 rings (SSSR count). The molecule has 1 aliphatic heterocycles. The van der Waals surface area contributed by atoms with Gasteiger partial charge in [-0.05, 0) is 37.9 Å². The van der Waals surface area contributed by atoms with Gasteiger partial charge < -0.3 is 10.2 Å². The highest BCUT2D eigenvalue weighted by Crippen LogP contribution is 2.35. The van der Waals surface area contributed by atoms with Crippen LogP contribution >= 0.6 is 0 Å². The summed E-state index contributed by atoms with van der Waals surface area (Å²) >= 11 is 0. The highest BCUT2D eigenvalue weighted by Gasteiger charge is 2.29. The maximum atomic E-state index is 14.0. The molecule has 1 saturated heterocycles. The van der Waals surface area contributed by atoms with E-state index in [1.54, 1.807) is 4.90 Å². The van der Waals surface area contributed by atoms with E-state index in [1.807, 2.05) is 6.92 Å². The Bertz CT molecular complexity index is 517. The Balaban J connectivity index is 2.16. The standard InChI is InChI=1S/C14H19F2N3O2/c1-2-17-9-10-5-7-18(8-6-10)14-12(19(20)21)4-3-11(15)13(14)16/h3-4,10,17H,2,5-9H2,1H3. The smallest absolute Gasteiger partial charge is 0.295 e. The molecule has 0 radical (unpaired) electrons. The molecular weight excluding hydrogens is 280 g/mol. The van der Waals surface area contributed by atoms with Crippen molar-refractivity contribution >= 4 is 11.4 Å². The third-order valence-corrected chi connectivity index (χ3v) is 3.86. The zero-order chi connectivity index (χ0) is 15.4. The third-order valence-electron chi connectivity index (χ3n) is 3.86. The molecule has 1 heterocycles. The second-order valence-corrected chi connectivity index (χ2v) is 5.22. The highest BCUT2D eigenvalue weighted by molar-refractivity contribution is 5.64. The molecule has 1 N–H and O–H groups in total. The molecule has 0 spiro atoms. The molecule has 21 heavy (non-hydrogen) atoms. The van der Waals surface area contributed by atoms with Gasteiger partial charge in [-0.25, -0.2) is 8.78 Å². The molecule has 1 aliphatic rings. The van der Waals surface area contributed by atoms with Gasteiger partial charge in [-0.15, -0.1) is 0 Å². The number of nitrogens with zero attached hydrogens (tertiary/aromatic N) is 2. The zero-order valence-electron chi connectivity index (χ0n) is 11.9. The van der Waals surface area contributed by atoms with Gasteiger partial charge in [0.25, 0.3) is 5.69 Å². The average Bonchev–Trinajstić information content (AvgIpc) is 2.48. The minimum absolute atomic E-state index is 0.220. The molecule has 1 aromatic carbocycles. The van der Waals surface area contributed by atoms with Gasteiger partial charge in [0, 0.05) is 19.2 Å². The summed E-state index contributed by atoms with van der Waals surface area (Å²) in [5, 5.41) is 14.3. The first-order valence-corrected chi connectivity index (χ1v) is 7.12. The molecule has 0 unspecified atom stereocenters. The van der Waals surface area contributed by atoms with Crippen LogP contribution in [0.4, 0.5) is 20.2 Å². The summed E-state index contributed by atoms with van der Waals surface area (Å²) in [5.74, 6) is -1.71. The van der Waals surface area contributed by atoms with Crippen LogP contribution in [0.15, 0.2) is 12.1 Å². The van der Waals surface area contributed by atoms with Crippen molar-refractivity contribution < 1.29 is 13.7 Å². The zero-order valence-corrected chi connectivity index (χ0v) is 11.9. The molecule has 1 aromatic rings. The van der Waals surface area contributed by atoms with Crippen LogP contribution in [0, 0.1) is 27.7 Å². The number of anilines is 1. The molecule has 0 bridgehead atoms. The number of piperidine rings is 1. The molecule has 7 heteroatoms. The Kier molecular flexibility index (Phi) is 5.06. The summed E-state index contributed by atoms with van der Waals surface area (Å²) in [6, 6.07) is 1.83. The first-order chi connectivity index (χ1) is 10.0. The predicted molar refractivity (Wildman–Crippen MR) is 76.5 cm³/mol. The van der Waals surface area contributed by atoms with Crippen LogP contribution in [0.25, 0.3) is 0 Å². The van der Waals surface area contributed by atoms with Crippen LogP contribution in [0.5, 0.6) is 0 Å². The Morgan fingerprint density at radius 1 is 1.38 bits per heavy atom. The summed E-state index contributed by atoms with van der Waals surface area (Å²) in [6.07, 6.45) is 1.61. The molecule has 0 aliphatic carbocycles. The first kappa shape index (κ1) is 15.6. The molecule has 1 fully saturated rings. The van der Waals surface area contributed by atoms with Crippen LogP contribution < -0.4 is 10.2 Å². The fourth-order valence-electron chi connectivity index (χ4n) is 2.69. The fraction of sp³-hybridized carbons (Fsp3) is 0.571. The molecule has 0 aromatic heterocycles. The third kappa shape index (κ3) is 3.47. The molecule has 0 saturated carbocycles. The van der Waals surface area contributed by atoms with Gasteiger partial charge in [0.05, 0.1) is 4.92 Å². The van der Waals surface area contributed by atoms with Crippen molar-refractivity contribution in [1.82, 2.24) is 5.32 Å². The number of halogens is 2. The van der Waals surface area contributed by atoms with Crippen LogP contribution in [0.3, 0.4) is 0 Å².